The third kappa shape index (κ3) is 5.28. The van der Waals surface area contributed by atoms with Crippen molar-refractivity contribution in [2.75, 3.05) is 29.5 Å². The smallest absolute Gasteiger partial charge is 0.323 e. The number of nitrogens with two attached hydrogens (primary N) is 1. The van der Waals surface area contributed by atoms with E-state index in [2.05, 4.69) is 20.6 Å². The number of aromatic nitrogens is 3. The van der Waals surface area contributed by atoms with E-state index in [1.165, 1.54) is 18.5 Å². The predicted molar refractivity (Wildman–Crippen MR) is 146 cm³/mol. The van der Waals surface area contributed by atoms with E-state index < -0.39 is 11.8 Å². The minimum atomic E-state index is -0.643. The lowest BCUT2D eigenvalue weighted by atomic mass is 10.0. The van der Waals surface area contributed by atoms with E-state index in [1.54, 1.807) is 55.3 Å². The van der Waals surface area contributed by atoms with Gasteiger partial charge in [0.2, 0.25) is 5.91 Å². The first-order valence-corrected chi connectivity index (χ1v) is 12.6. The number of likely N-dealkylation sites (tertiary alicyclic amines) is 1. The number of piperidine rings is 1. The van der Waals surface area contributed by atoms with Crippen molar-refractivity contribution in [1.82, 2.24) is 19.4 Å². The van der Waals surface area contributed by atoms with E-state index in [0.29, 0.717) is 40.9 Å². The molecule has 11 heteroatoms. The highest BCUT2D eigenvalue weighted by molar-refractivity contribution is 6.18. The minimum Gasteiger partial charge on any atom is -0.383 e. The number of urea groups is 1. The van der Waals surface area contributed by atoms with Crippen LogP contribution in [0.5, 0.6) is 0 Å². The Morgan fingerprint density at radius 2 is 1.82 bits per heavy atom. The molecule has 0 atom stereocenters. The van der Waals surface area contributed by atoms with Crippen LogP contribution < -0.4 is 16.4 Å². The average molecular weight is 530 g/mol. The second-order valence-electron chi connectivity index (χ2n) is 9.62. The standard InChI is InChI=1S/C28H28FN7O3/c1-16-6-7-22(29)23(12-16)34-28(39)33-19-5-3-4-18(13-19)25(38)21-14-36(27-24(21)26(30)31-15-32-27)20-8-10-35(11-9-20)17(2)37/h3-7,12-15,20H,8-11H2,1-2H3,(H2,30,31,32)(H2,33,34,39). The third-order valence-corrected chi connectivity index (χ3v) is 6.94. The molecule has 2 aromatic carbocycles. The number of ketones is 1. The summed E-state index contributed by atoms with van der Waals surface area (Å²) >= 11 is 0. The average Bonchev–Trinajstić information content (AvgIpc) is 3.31. The number of halogens is 1. The van der Waals surface area contributed by atoms with Crippen molar-refractivity contribution in [3.05, 3.63) is 77.5 Å². The van der Waals surface area contributed by atoms with E-state index in [-0.39, 0.29) is 29.2 Å². The summed E-state index contributed by atoms with van der Waals surface area (Å²) in [7, 11) is 0. The molecule has 1 aliphatic rings. The molecule has 1 fully saturated rings. The Morgan fingerprint density at radius 1 is 1.05 bits per heavy atom. The quantitative estimate of drug-likeness (QED) is 0.325. The molecule has 39 heavy (non-hydrogen) atoms. The first-order valence-electron chi connectivity index (χ1n) is 12.6. The summed E-state index contributed by atoms with van der Waals surface area (Å²) in [6, 6.07) is 10.3. The number of benzene rings is 2. The Kier molecular flexibility index (Phi) is 6.97. The van der Waals surface area contributed by atoms with Crippen LogP contribution in [0, 0.1) is 12.7 Å². The van der Waals surface area contributed by atoms with Crippen LogP contribution in [0.15, 0.2) is 55.0 Å². The van der Waals surface area contributed by atoms with Crippen LogP contribution in [0.2, 0.25) is 0 Å². The van der Waals surface area contributed by atoms with Crippen molar-refractivity contribution in [3.8, 4) is 0 Å². The molecule has 0 radical (unpaired) electrons. The van der Waals surface area contributed by atoms with E-state index in [4.69, 9.17) is 5.73 Å². The highest BCUT2D eigenvalue weighted by atomic mass is 19.1. The fourth-order valence-corrected chi connectivity index (χ4v) is 4.93. The number of carbonyl (C=O) groups excluding carboxylic acids is 3. The summed E-state index contributed by atoms with van der Waals surface area (Å²) in [6.45, 7) is 4.59. The fourth-order valence-electron chi connectivity index (χ4n) is 4.93. The molecule has 0 bridgehead atoms. The Labute approximate surface area is 224 Å². The molecule has 10 nitrogen and oxygen atoms in total. The zero-order valence-corrected chi connectivity index (χ0v) is 21.6. The lowest BCUT2D eigenvalue weighted by molar-refractivity contribution is -0.130. The molecule has 5 rings (SSSR count). The van der Waals surface area contributed by atoms with Gasteiger partial charge in [-0.1, -0.05) is 18.2 Å². The summed E-state index contributed by atoms with van der Waals surface area (Å²) < 4.78 is 16.0. The van der Waals surface area contributed by atoms with Gasteiger partial charge in [0.25, 0.3) is 0 Å². The van der Waals surface area contributed by atoms with Gasteiger partial charge in [0.15, 0.2) is 5.78 Å². The molecule has 3 heterocycles. The van der Waals surface area contributed by atoms with E-state index in [9.17, 15) is 18.8 Å². The summed E-state index contributed by atoms with van der Waals surface area (Å²) in [5.74, 6) is -0.630. The molecule has 0 unspecified atom stereocenters. The molecule has 0 spiro atoms. The number of rotatable bonds is 5. The summed E-state index contributed by atoms with van der Waals surface area (Å²) in [5.41, 5.74) is 8.64. The number of anilines is 3. The number of nitrogens with zero attached hydrogens (tertiary/aromatic N) is 4. The molecule has 1 aliphatic heterocycles. The Hall–Kier alpha value is -4.80. The highest BCUT2D eigenvalue weighted by Crippen LogP contribution is 2.32. The maximum atomic E-state index is 14.1. The lowest BCUT2D eigenvalue weighted by Crippen LogP contribution is -2.37. The molecule has 200 valence electrons. The molecular weight excluding hydrogens is 501 g/mol. The molecule has 4 aromatic rings. The lowest BCUT2D eigenvalue weighted by Gasteiger charge is -2.32. The zero-order chi connectivity index (χ0) is 27.7. The first-order chi connectivity index (χ1) is 18.7. The van der Waals surface area contributed by atoms with Gasteiger partial charge in [0.1, 0.15) is 23.6 Å². The van der Waals surface area contributed by atoms with Crippen LogP contribution >= 0.6 is 0 Å². The molecular formula is C28H28FN7O3. The maximum Gasteiger partial charge on any atom is 0.323 e. The molecule has 0 aliphatic carbocycles. The number of amides is 3. The first kappa shape index (κ1) is 25.8. The predicted octanol–water partition coefficient (Wildman–Crippen LogP) is 4.52. The SMILES string of the molecule is CC(=O)N1CCC(n2cc(C(=O)c3cccc(NC(=O)Nc4cc(C)ccc4F)c3)c3c(N)ncnc32)CC1. The second kappa shape index (κ2) is 10.5. The van der Waals surface area contributed by atoms with Crippen LogP contribution in [0.3, 0.4) is 0 Å². The van der Waals surface area contributed by atoms with Gasteiger partial charge >= 0.3 is 6.03 Å². The number of hydrogen-bond acceptors (Lipinski definition) is 6. The van der Waals surface area contributed by atoms with Crippen LogP contribution in [0.4, 0.5) is 26.4 Å². The van der Waals surface area contributed by atoms with Crippen molar-refractivity contribution in [2.45, 2.75) is 32.7 Å². The normalized spacial score (nSPS) is 13.9. The van der Waals surface area contributed by atoms with Crippen LogP contribution in [-0.2, 0) is 4.79 Å². The zero-order valence-electron chi connectivity index (χ0n) is 21.6. The number of carbonyl (C=O) groups is 3. The van der Waals surface area contributed by atoms with Gasteiger partial charge < -0.3 is 25.8 Å². The Bertz CT molecular complexity index is 1590. The van der Waals surface area contributed by atoms with Gasteiger partial charge in [-0.15, -0.1) is 0 Å². The molecule has 4 N–H and O–H groups in total. The minimum absolute atomic E-state index is 0.0395. The van der Waals surface area contributed by atoms with E-state index >= 15 is 0 Å². The Balaban J connectivity index is 1.40. The van der Waals surface area contributed by atoms with Gasteiger partial charge in [-0.3, -0.25) is 9.59 Å². The second-order valence-corrected chi connectivity index (χ2v) is 9.62. The number of nitrogens with one attached hydrogen (secondary N) is 2. The van der Waals surface area contributed by atoms with Crippen molar-refractivity contribution < 1.29 is 18.8 Å². The highest BCUT2D eigenvalue weighted by Gasteiger charge is 2.27. The van der Waals surface area contributed by atoms with Gasteiger partial charge in [-0.2, -0.15) is 0 Å². The summed E-state index contributed by atoms with van der Waals surface area (Å²) in [6.07, 6.45) is 4.56. The van der Waals surface area contributed by atoms with Gasteiger partial charge in [0, 0.05) is 43.5 Å². The molecule has 0 saturated carbocycles. The van der Waals surface area contributed by atoms with Crippen molar-refractivity contribution in [1.29, 1.82) is 0 Å². The van der Waals surface area contributed by atoms with Crippen LogP contribution in [0.1, 0.15) is 47.3 Å². The third-order valence-electron chi connectivity index (χ3n) is 6.94. The molecule has 3 amide bonds. The number of fused-ring (bicyclic) bond motifs is 1. The monoisotopic (exact) mass is 529 g/mol. The summed E-state index contributed by atoms with van der Waals surface area (Å²) in [5, 5.41) is 5.60. The largest absolute Gasteiger partial charge is 0.383 e. The van der Waals surface area contributed by atoms with Gasteiger partial charge in [-0.05, 0) is 49.6 Å². The fraction of sp³-hybridized carbons (Fsp3) is 0.250. The van der Waals surface area contributed by atoms with Gasteiger partial charge in [0.05, 0.1) is 16.6 Å². The van der Waals surface area contributed by atoms with E-state index in [1.807, 2.05) is 4.57 Å². The van der Waals surface area contributed by atoms with Crippen molar-refractivity contribution in [3.63, 3.8) is 0 Å². The van der Waals surface area contributed by atoms with Gasteiger partial charge in [-0.25, -0.2) is 19.2 Å². The van der Waals surface area contributed by atoms with E-state index in [0.717, 1.165) is 18.4 Å². The molecule has 1 saturated heterocycles. The van der Waals surface area contributed by atoms with Crippen molar-refractivity contribution >= 4 is 45.9 Å². The molecule has 2 aromatic heterocycles. The number of hydrogen-bond donors (Lipinski definition) is 3. The maximum absolute atomic E-state index is 14.1. The Morgan fingerprint density at radius 3 is 2.56 bits per heavy atom. The van der Waals surface area contributed by atoms with Crippen molar-refractivity contribution in [2.24, 2.45) is 0 Å². The van der Waals surface area contributed by atoms with Crippen LogP contribution in [0.25, 0.3) is 11.0 Å². The van der Waals surface area contributed by atoms with Crippen LogP contribution in [-0.4, -0.2) is 50.2 Å². The number of aryl methyl sites for hydroxylation is 1. The summed E-state index contributed by atoms with van der Waals surface area (Å²) in [4.78, 5) is 48.3. The number of nitrogen functional groups attached to an aromatic ring is 1. The topological polar surface area (TPSA) is 135 Å².